The average molecular weight is 526 g/mol. The van der Waals surface area contributed by atoms with Gasteiger partial charge >= 0.3 is 0 Å². The van der Waals surface area contributed by atoms with Crippen molar-refractivity contribution in [3.63, 3.8) is 0 Å². The lowest BCUT2D eigenvalue weighted by Gasteiger charge is -2.19. The lowest BCUT2D eigenvalue weighted by molar-refractivity contribution is 0.0949. The van der Waals surface area contributed by atoms with Gasteiger partial charge in [0.05, 0.1) is 17.3 Å². The Hall–Kier alpha value is -2.80. The molecule has 1 amide bonds. The number of benzene rings is 3. The standard InChI is InChI=1S/C27H26Cl2N4OS/c1-27(2,3)20-11-9-19(10-12-20)25(34)30-16-24-31-32-26(35-17-18-7-5-4-6-8-18)33(24)23-15-21(28)13-14-22(23)29/h4-15H,16-17H2,1-3H3,(H,30,34). The largest absolute Gasteiger partial charge is 0.345 e. The molecule has 0 saturated heterocycles. The van der Waals surface area contributed by atoms with Gasteiger partial charge in [0.15, 0.2) is 11.0 Å². The van der Waals surface area contributed by atoms with Gasteiger partial charge in [0, 0.05) is 16.3 Å². The summed E-state index contributed by atoms with van der Waals surface area (Å²) in [6.45, 7) is 6.61. The van der Waals surface area contributed by atoms with Gasteiger partial charge < -0.3 is 5.32 Å². The van der Waals surface area contributed by atoms with Crippen LogP contribution < -0.4 is 5.32 Å². The van der Waals surface area contributed by atoms with Crippen molar-refractivity contribution >= 4 is 40.9 Å². The third kappa shape index (κ3) is 6.26. The maximum atomic E-state index is 12.8. The monoisotopic (exact) mass is 524 g/mol. The number of carbonyl (C=O) groups excluding carboxylic acids is 1. The molecule has 0 spiro atoms. The molecule has 0 saturated carbocycles. The van der Waals surface area contributed by atoms with Gasteiger partial charge in [0.1, 0.15) is 0 Å². The summed E-state index contributed by atoms with van der Waals surface area (Å²) in [5.74, 6) is 1.09. The van der Waals surface area contributed by atoms with Gasteiger partial charge in [-0.25, -0.2) is 0 Å². The van der Waals surface area contributed by atoms with Crippen LogP contribution in [0.2, 0.25) is 10.0 Å². The third-order valence-corrected chi connectivity index (χ3v) is 7.04. The average Bonchev–Trinajstić information content (AvgIpc) is 3.25. The van der Waals surface area contributed by atoms with E-state index in [1.165, 1.54) is 17.3 Å². The first-order chi connectivity index (χ1) is 16.7. The van der Waals surface area contributed by atoms with Gasteiger partial charge in [-0.1, -0.05) is 98.2 Å². The van der Waals surface area contributed by atoms with Crippen LogP contribution >= 0.6 is 35.0 Å². The lowest BCUT2D eigenvalue weighted by Crippen LogP contribution is -2.25. The molecule has 1 heterocycles. The summed E-state index contributed by atoms with van der Waals surface area (Å²) in [5.41, 5.74) is 3.61. The highest BCUT2D eigenvalue weighted by molar-refractivity contribution is 7.98. The van der Waals surface area contributed by atoms with E-state index in [1.807, 2.05) is 47.0 Å². The predicted octanol–water partition coefficient (Wildman–Crippen LogP) is 7.09. The fraction of sp³-hybridized carbons (Fsp3) is 0.222. The Morgan fingerprint density at radius 1 is 0.971 bits per heavy atom. The van der Waals surface area contributed by atoms with Crippen LogP contribution in [0, 0.1) is 0 Å². The van der Waals surface area contributed by atoms with Crippen LogP contribution in [0.5, 0.6) is 0 Å². The summed E-state index contributed by atoms with van der Waals surface area (Å²) in [4.78, 5) is 12.8. The molecule has 5 nitrogen and oxygen atoms in total. The predicted molar refractivity (Wildman–Crippen MR) is 144 cm³/mol. The van der Waals surface area contributed by atoms with Gasteiger partial charge in [-0.3, -0.25) is 9.36 Å². The number of hydrogen-bond acceptors (Lipinski definition) is 4. The number of nitrogens with zero attached hydrogens (tertiary/aromatic N) is 3. The van der Waals surface area contributed by atoms with Crippen LogP contribution in [0.25, 0.3) is 5.69 Å². The van der Waals surface area contributed by atoms with E-state index in [2.05, 4.69) is 48.4 Å². The Balaban J connectivity index is 1.57. The molecular formula is C27H26Cl2N4OS. The highest BCUT2D eigenvalue weighted by atomic mass is 35.5. The molecule has 0 unspecified atom stereocenters. The van der Waals surface area contributed by atoms with E-state index >= 15 is 0 Å². The second-order valence-electron chi connectivity index (χ2n) is 9.11. The zero-order valence-electron chi connectivity index (χ0n) is 19.8. The van der Waals surface area contributed by atoms with Crippen molar-refractivity contribution in [2.75, 3.05) is 0 Å². The highest BCUT2D eigenvalue weighted by Crippen LogP contribution is 2.31. The fourth-order valence-corrected chi connectivity index (χ4v) is 4.80. The van der Waals surface area contributed by atoms with Crippen molar-refractivity contribution < 1.29 is 4.79 Å². The van der Waals surface area contributed by atoms with E-state index in [4.69, 9.17) is 23.2 Å². The Labute approximate surface area is 219 Å². The zero-order chi connectivity index (χ0) is 25.0. The number of amides is 1. The molecule has 0 aliphatic carbocycles. The maximum Gasteiger partial charge on any atom is 0.251 e. The zero-order valence-corrected chi connectivity index (χ0v) is 22.1. The SMILES string of the molecule is CC(C)(C)c1ccc(C(=O)NCc2nnc(SCc3ccccc3)n2-c2cc(Cl)ccc2Cl)cc1. The van der Waals surface area contributed by atoms with Crippen LogP contribution in [0.15, 0.2) is 78.0 Å². The Morgan fingerprint density at radius 2 is 1.69 bits per heavy atom. The number of halogens is 2. The van der Waals surface area contributed by atoms with Crippen molar-refractivity contribution in [1.82, 2.24) is 20.1 Å². The highest BCUT2D eigenvalue weighted by Gasteiger charge is 2.19. The number of aromatic nitrogens is 3. The van der Waals surface area contributed by atoms with Crippen LogP contribution in [0.4, 0.5) is 0 Å². The molecule has 4 rings (SSSR count). The van der Waals surface area contributed by atoms with Crippen molar-refractivity contribution in [1.29, 1.82) is 0 Å². The first kappa shape index (κ1) is 25.3. The molecule has 1 aromatic heterocycles. The molecule has 0 atom stereocenters. The van der Waals surface area contributed by atoms with Crippen molar-refractivity contribution in [2.24, 2.45) is 0 Å². The molecule has 1 N–H and O–H groups in total. The summed E-state index contributed by atoms with van der Waals surface area (Å²) < 4.78 is 1.85. The maximum absolute atomic E-state index is 12.8. The van der Waals surface area contributed by atoms with E-state index < -0.39 is 0 Å². The summed E-state index contributed by atoms with van der Waals surface area (Å²) in [6, 6.07) is 23.0. The lowest BCUT2D eigenvalue weighted by atomic mass is 9.87. The van der Waals surface area contributed by atoms with Crippen LogP contribution in [-0.2, 0) is 17.7 Å². The van der Waals surface area contributed by atoms with Gasteiger partial charge in [0.25, 0.3) is 5.91 Å². The molecule has 0 aliphatic heterocycles. The van der Waals surface area contributed by atoms with E-state index in [-0.39, 0.29) is 17.9 Å². The van der Waals surface area contributed by atoms with E-state index in [9.17, 15) is 4.79 Å². The molecular weight excluding hydrogens is 499 g/mol. The van der Waals surface area contributed by atoms with Gasteiger partial charge in [-0.15, -0.1) is 10.2 Å². The summed E-state index contributed by atoms with van der Waals surface area (Å²) >= 11 is 14.3. The molecule has 0 bridgehead atoms. The van der Waals surface area contributed by atoms with Crippen molar-refractivity contribution in [3.8, 4) is 5.69 Å². The van der Waals surface area contributed by atoms with E-state index in [1.54, 1.807) is 18.2 Å². The second-order valence-corrected chi connectivity index (χ2v) is 10.9. The number of hydrogen-bond donors (Lipinski definition) is 1. The van der Waals surface area contributed by atoms with Crippen LogP contribution in [0.3, 0.4) is 0 Å². The van der Waals surface area contributed by atoms with E-state index in [0.29, 0.717) is 38.0 Å². The van der Waals surface area contributed by atoms with Crippen molar-refractivity contribution in [2.45, 2.75) is 43.6 Å². The Bertz CT molecular complexity index is 1320. The first-order valence-electron chi connectivity index (χ1n) is 11.2. The molecule has 8 heteroatoms. The fourth-order valence-electron chi connectivity index (χ4n) is 3.51. The molecule has 3 aromatic carbocycles. The first-order valence-corrected chi connectivity index (χ1v) is 12.9. The number of thioether (sulfide) groups is 1. The minimum atomic E-state index is -0.185. The number of carbonyl (C=O) groups is 1. The molecule has 0 aliphatic rings. The normalized spacial score (nSPS) is 11.5. The Kier molecular flexibility index (Phi) is 7.85. The van der Waals surface area contributed by atoms with Crippen LogP contribution in [-0.4, -0.2) is 20.7 Å². The van der Waals surface area contributed by atoms with Crippen LogP contribution in [0.1, 0.15) is 48.1 Å². The molecule has 180 valence electrons. The number of nitrogens with one attached hydrogen (secondary N) is 1. The van der Waals surface area contributed by atoms with Gasteiger partial charge in [-0.2, -0.15) is 0 Å². The Morgan fingerprint density at radius 3 is 2.37 bits per heavy atom. The van der Waals surface area contributed by atoms with Gasteiger partial charge in [-0.05, 0) is 46.9 Å². The summed E-state index contributed by atoms with van der Waals surface area (Å²) in [6.07, 6.45) is 0. The molecule has 0 radical (unpaired) electrons. The molecule has 35 heavy (non-hydrogen) atoms. The number of rotatable bonds is 7. The smallest absolute Gasteiger partial charge is 0.251 e. The third-order valence-electron chi connectivity index (χ3n) is 5.48. The summed E-state index contributed by atoms with van der Waals surface area (Å²) in [7, 11) is 0. The van der Waals surface area contributed by atoms with E-state index in [0.717, 1.165) is 5.56 Å². The minimum absolute atomic E-state index is 0.0233. The molecule has 4 aromatic rings. The van der Waals surface area contributed by atoms with Crippen molar-refractivity contribution in [3.05, 3.63) is 105 Å². The topological polar surface area (TPSA) is 59.8 Å². The quantitative estimate of drug-likeness (QED) is 0.262. The minimum Gasteiger partial charge on any atom is -0.345 e. The van der Waals surface area contributed by atoms with Gasteiger partial charge in [0.2, 0.25) is 0 Å². The summed E-state index contributed by atoms with van der Waals surface area (Å²) in [5, 5.41) is 13.4. The second kappa shape index (κ2) is 10.9. The molecule has 0 fully saturated rings.